The lowest BCUT2D eigenvalue weighted by Crippen LogP contribution is -2.64. The van der Waals surface area contributed by atoms with Crippen LogP contribution < -0.4 is 5.32 Å². The third-order valence-corrected chi connectivity index (χ3v) is 12.3. The number of aliphatic hydroxyl groups is 10. The molecule has 0 aromatic rings. The molecule has 3 heterocycles. The molecule has 0 aliphatic carbocycles. The molecular formula is C49H75NO18. The van der Waals surface area contributed by atoms with Gasteiger partial charge in [-0.1, -0.05) is 98.9 Å². The monoisotopic (exact) mass is 965 g/mol. The van der Waals surface area contributed by atoms with Crippen molar-refractivity contribution in [2.24, 2.45) is 17.8 Å². The maximum absolute atomic E-state index is 12.6. The van der Waals surface area contributed by atoms with E-state index in [1.807, 2.05) is 13.0 Å². The van der Waals surface area contributed by atoms with Crippen molar-refractivity contribution >= 4 is 17.8 Å². The molecule has 3 aliphatic heterocycles. The zero-order valence-electron chi connectivity index (χ0n) is 39.4. The smallest absolute Gasteiger partial charge is 0.311 e. The third kappa shape index (κ3) is 19.5. The standard InChI is InChI=1S/C49H75NO18/c1-28-18-16-14-12-10-8-6-7-9-11-13-15-17-19-36(67-48-46(61)43(50-32(5)51)45(60)31(4)66-48)25-40-42(47(62)63)39(57)27-49(64,68-40)26-35(54)23-38(56)37(55)21-20-33(52)22-34(53)24-41(58)65-30(3)29(2)44(28)59/h6-19,28-31,33-40,42-46,48,52-57,59-61,64H,20-27H2,1-5H3,(H,50,51)(H,62,63)/b7-6+,10-8+,11-9+,14-12+,15-13+,18-16+,19-17+/t28-,29-,30-,31+,33+,34+,35-,36-,37+,38+,39-,40-,42-,43-,44+,45+,46-,48-,49+/m0/s1. The molecule has 3 aliphatic rings. The van der Waals surface area contributed by atoms with Crippen LogP contribution in [0.1, 0.15) is 86.0 Å². The maximum atomic E-state index is 12.6. The number of amides is 1. The second-order valence-corrected chi connectivity index (χ2v) is 18.2. The van der Waals surface area contributed by atoms with Crippen LogP contribution in [0, 0.1) is 17.8 Å². The number of esters is 1. The van der Waals surface area contributed by atoms with Gasteiger partial charge in [-0.05, 0) is 33.1 Å². The number of aliphatic carboxylic acids is 1. The summed E-state index contributed by atoms with van der Waals surface area (Å²) < 4.78 is 23.3. The van der Waals surface area contributed by atoms with Crippen molar-refractivity contribution in [3.8, 4) is 0 Å². The number of aliphatic hydroxyl groups excluding tert-OH is 9. The van der Waals surface area contributed by atoms with Crippen LogP contribution in [0.25, 0.3) is 0 Å². The number of allylic oxidation sites excluding steroid dienone is 12. The second-order valence-electron chi connectivity index (χ2n) is 18.2. The Bertz CT molecular complexity index is 1780. The number of nitrogens with one attached hydrogen (secondary N) is 1. The van der Waals surface area contributed by atoms with Gasteiger partial charge in [-0.15, -0.1) is 0 Å². The summed E-state index contributed by atoms with van der Waals surface area (Å²) in [7, 11) is 0. The highest BCUT2D eigenvalue weighted by atomic mass is 16.7. The largest absolute Gasteiger partial charge is 0.481 e. The maximum Gasteiger partial charge on any atom is 0.311 e. The molecule has 0 saturated carbocycles. The second kappa shape index (κ2) is 28.7. The Morgan fingerprint density at radius 2 is 1.24 bits per heavy atom. The highest BCUT2D eigenvalue weighted by molar-refractivity contribution is 5.73. The Balaban J connectivity index is 1.90. The first-order valence-corrected chi connectivity index (χ1v) is 23.2. The van der Waals surface area contributed by atoms with E-state index in [0.29, 0.717) is 0 Å². The van der Waals surface area contributed by atoms with Crippen LogP contribution in [-0.2, 0) is 33.3 Å². The SMILES string of the molecule is CC(=O)N[C@@H]1[C@H](O)[C@H](O[C@H]2/C=C/C=C/C=C/C=C/C=C/C=C/C=C/[C@H](C)[C@@H](O)[C@@H](C)[C@H](C)OC(=O)C[C@H](O)C[C@H](O)CC[C@@H](O)[C@H](O)C[C@H](O)C[C@]3(O)C[C@H](O)[C@H](C(=O)O)[C@H](C2)O3)O[C@H](C)[C@H]1O. The molecule has 0 spiro atoms. The lowest BCUT2D eigenvalue weighted by Gasteiger charge is -2.45. The van der Waals surface area contributed by atoms with Gasteiger partial charge in [-0.3, -0.25) is 14.4 Å². The van der Waals surface area contributed by atoms with E-state index in [1.54, 1.807) is 86.8 Å². The highest BCUT2D eigenvalue weighted by Gasteiger charge is 2.51. The quantitative estimate of drug-likeness (QED) is 0.174. The molecule has 19 atom stereocenters. The number of hydrogen-bond donors (Lipinski definition) is 12. The molecule has 19 heteroatoms. The van der Waals surface area contributed by atoms with E-state index in [9.17, 15) is 70.6 Å². The molecule has 384 valence electrons. The summed E-state index contributed by atoms with van der Waals surface area (Å²) in [6, 6.07) is -1.21. The molecule has 2 saturated heterocycles. The topological polar surface area (TPSA) is 323 Å². The summed E-state index contributed by atoms with van der Waals surface area (Å²) in [5, 5.41) is 122. The van der Waals surface area contributed by atoms with E-state index in [4.69, 9.17) is 18.9 Å². The number of carbonyl (C=O) groups is 3. The van der Waals surface area contributed by atoms with Crippen LogP contribution >= 0.6 is 0 Å². The van der Waals surface area contributed by atoms with Crippen molar-refractivity contribution < 1.29 is 89.5 Å². The number of carboxylic acids is 1. The molecule has 2 bridgehead atoms. The number of fused-ring (bicyclic) bond motifs is 2. The number of carboxylic acid groups (broad SMARTS) is 1. The zero-order valence-corrected chi connectivity index (χ0v) is 39.4. The fraction of sp³-hybridized carbons (Fsp3) is 0.653. The van der Waals surface area contributed by atoms with E-state index >= 15 is 0 Å². The average Bonchev–Trinajstić information content (AvgIpc) is 3.24. The molecule has 19 nitrogen and oxygen atoms in total. The van der Waals surface area contributed by atoms with Gasteiger partial charge >= 0.3 is 11.9 Å². The molecule has 1 amide bonds. The normalized spacial score (nSPS) is 43.9. The van der Waals surface area contributed by atoms with Gasteiger partial charge in [0.25, 0.3) is 0 Å². The Kier molecular flexibility index (Phi) is 24.6. The van der Waals surface area contributed by atoms with Crippen molar-refractivity contribution in [3.63, 3.8) is 0 Å². The Morgan fingerprint density at radius 1 is 0.662 bits per heavy atom. The molecular weight excluding hydrogens is 891 g/mol. The number of rotatable bonds is 4. The van der Waals surface area contributed by atoms with Gasteiger partial charge in [0.05, 0.1) is 73.5 Å². The van der Waals surface area contributed by atoms with Crippen LogP contribution in [0.5, 0.6) is 0 Å². The minimum atomic E-state index is -2.36. The van der Waals surface area contributed by atoms with Gasteiger partial charge in [0.2, 0.25) is 5.91 Å². The Hall–Kier alpha value is -3.93. The Morgan fingerprint density at radius 3 is 1.81 bits per heavy atom. The summed E-state index contributed by atoms with van der Waals surface area (Å²) in [5.74, 6) is -7.49. The molecule has 12 N–H and O–H groups in total. The number of ether oxygens (including phenoxy) is 4. The van der Waals surface area contributed by atoms with E-state index in [1.165, 1.54) is 19.9 Å². The van der Waals surface area contributed by atoms with Gasteiger partial charge in [0.1, 0.15) is 24.2 Å². The lowest BCUT2D eigenvalue weighted by molar-refractivity contribution is -0.309. The fourth-order valence-corrected chi connectivity index (χ4v) is 8.34. The zero-order chi connectivity index (χ0) is 50.7. The Labute approximate surface area is 398 Å². The molecule has 2 fully saturated rings. The van der Waals surface area contributed by atoms with Crippen LogP contribution in [0.3, 0.4) is 0 Å². The first-order chi connectivity index (χ1) is 32.0. The van der Waals surface area contributed by atoms with Crippen LogP contribution in [0.15, 0.2) is 85.1 Å². The summed E-state index contributed by atoms with van der Waals surface area (Å²) in [5.41, 5.74) is 0. The minimum Gasteiger partial charge on any atom is -0.481 e. The van der Waals surface area contributed by atoms with Crippen LogP contribution in [-0.4, -0.2) is 171 Å². The molecule has 68 heavy (non-hydrogen) atoms. The molecule has 0 unspecified atom stereocenters. The first-order valence-electron chi connectivity index (χ1n) is 23.2. The first kappa shape index (κ1) is 58.4. The van der Waals surface area contributed by atoms with E-state index < -0.39 is 153 Å². The van der Waals surface area contributed by atoms with Crippen LogP contribution in [0.2, 0.25) is 0 Å². The summed E-state index contributed by atoms with van der Waals surface area (Å²) in [4.78, 5) is 37.1. The predicted molar refractivity (Wildman–Crippen MR) is 247 cm³/mol. The van der Waals surface area contributed by atoms with Crippen molar-refractivity contribution in [1.82, 2.24) is 5.32 Å². The number of hydrogen-bond acceptors (Lipinski definition) is 17. The number of carbonyl (C=O) groups excluding carboxylic acids is 2. The van der Waals surface area contributed by atoms with Crippen LogP contribution in [0.4, 0.5) is 0 Å². The fourth-order valence-electron chi connectivity index (χ4n) is 8.34. The summed E-state index contributed by atoms with van der Waals surface area (Å²) >= 11 is 0. The molecule has 3 rings (SSSR count). The van der Waals surface area contributed by atoms with Gasteiger partial charge < -0.3 is 80.4 Å². The number of cyclic esters (lactones) is 1. The van der Waals surface area contributed by atoms with Gasteiger partial charge in [0, 0.05) is 44.4 Å². The van der Waals surface area contributed by atoms with Gasteiger partial charge in [0.15, 0.2) is 12.1 Å². The molecule has 0 aromatic heterocycles. The minimum absolute atomic E-state index is 0.119. The summed E-state index contributed by atoms with van der Waals surface area (Å²) in [6.07, 6.45) is 2.48. The molecule has 0 aromatic carbocycles. The van der Waals surface area contributed by atoms with Crippen molar-refractivity contribution in [1.29, 1.82) is 0 Å². The third-order valence-electron chi connectivity index (χ3n) is 12.3. The van der Waals surface area contributed by atoms with E-state index in [0.717, 1.165) is 0 Å². The highest BCUT2D eigenvalue weighted by Crippen LogP contribution is 2.38. The predicted octanol–water partition coefficient (Wildman–Crippen LogP) is 0.889. The van der Waals surface area contributed by atoms with Crippen molar-refractivity contribution in [2.45, 2.75) is 183 Å². The lowest BCUT2D eigenvalue weighted by atomic mass is 9.82. The van der Waals surface area contributed by atoms with Crippen molar-refractivity contribution in [2.75, 3.05) is 0 Å². The van der Waals surface area contributed by atoms with E-state index in [-0.39, 0.29) is 31.6 Å². The van der Waals surface area contributed by atoms with Gasteiger partial charge in [-0.25, -0.2) is 0 Å². The summed E-state index contributed by atoms with van der Waals surface area (Å²) in [6.45, 7) is 7.90. The van der Waals surface area contributed by atoms with E-state index in [2.05, 4.69) is 5.32 Å². The molecule has 0 radical (unpaired) electrons. The average molecular weight is 966 g/mol. The van der Waals surface area contributed by atoms with Gasteiger partial charge in [-0.2, -0.15) is 0 Å². The van der Waals surface area contributed by atoms with Crippen molar-refractivity contribution in [3.05, 3.63) is 85.1 Å².